The maximum Gasteiger partial charge on any atom is 0.411 e. The molecule has 3 rings (SSSR count). The number of nitrogens with zero attached hydrogens (tertiary/aromatic N) is 2. The molecule has 2 aromatic rings. The summed E-state index contributed by atoms with van der Waals surface area (Å²) >= 11 is 6.08. The summed E-state index contributed by atoms with van der Waals surface area (Å²) in [4.78, 5) is 40.3. The zero-order valence-corrected chi connectivity index (χ0v) is 17.8. The molecule has 1 heterocycles. The molecule has 3 amide bonds. The van der Waals surface area contributed by atoms with Gasteiger partial charge in [-0.2, -0.15) is 0 Å². The van der Waals surface area contributed by atoms with Crippen LogP contribution in [0.5, 0.6) is 0 Å². The molecule has 0 saturated carbocycles. The van der Waals surface area contributed by atoms with Crippen LogP contribution in [0.4, 0.5) is 10.5 Å². The molecular weight excluding hydrogens is 406 g/mol. The van der Waals surface area contributed by atoms with Crippen molar-refractivity contribution < 1.29 is 19.1 Å². The fourth-order valence-electron chi connectivity index (χ4n) is 3.40. The number of carbonyl (C=O) groups excluding carboxylic acids is 3. The first-order chi connectivity index (χ1) is 14.3. The molecule has 1 fully saturated rings. The molecule has 30 heavy (non-hydrogen) atoms. The largest absolute Gasteiger partial charge is 0.438 e. The number of halogens is 1. The Morgan fingerprint density at radius 3 is 2.60 bits per heavy atom. The Bertz CT molecular complexity index is 965. The van der Waals surface area contributed by atoms with Gasteiger partial charge in [-0.15, -0.1) is 0 Å². The number of nitrogens with one attached hydrogen (secondary N) is 1. The van der Waals surface area contributed by atoms with Crippen molar-refractivity contribution in [3.63, 3.8) is 0 Å². The average Bonchev–Trinajstić information content (AvgIpc) is 3.02. The highest BCUT2D eigenvalue weighted by Crippen LogP contribution is 2.35. The van der Waals surface area contributed by atoms with Crippen molar-refractivity contribution >= 4 is 35.2 Å². The van der Waals surface area contributed by atoms with Gasteiger partial charge in [-0.3, -0.25) is 14.5 Å². The van der Waals surface area contributed by atoms with Crippen LogP contribution in [0.3, 0.4) is 0 Å². The van der Waals surface area contributed by atoms with Gasteiger partial charge >= 0.3 is 6.09 Å². The quantitative estimate of drug-likeness (QED) is 0.756. The molecule has 2 atom stereocenters. The van der Waals surface area contributed by atoms with E-state index in [1.807, 2.05) is 13.0 Å². The predicted molar refractivity (Wildman–Crippen MR) is 114 cm³/mol. The smallest absolute Gasteiger partial charge is 0.411 e. The molecule has 158 valence electrons. The summed E-state index contributed by atoms with van der Waals surface area (Å²) in [6.07, 6.45) is -1.38. The fraction of sp³-hybridized carbons (Fsp3) is 0.318. The lowest BCUT2D eigenvalue weighted by Crippen LogP contribution is -2.46. The van der Waals surface area contributed by atoms with Crippen LogP contribution in [-0.2, 0) is 20.9 Å². The minimum absolute atomic E-state index is 0.190. The van der Waals surface area contributed by atoms with E-state index in [2.05, 4.69) is 5.32 Å². The highest BCUT2D eigenvalue weighted by Gasteiger charge is 2.47. The van der Waals surface area contributed by atoms with Gasteiger partial charge in [0.25, 0.3) is 0 Å². The summed E-state index contributed by atoms with van der Waals surface area (Å²) < 4.78 is 5.64. The second-order valence-corrected chi connectivity index (χ2v) is 7.60. The molecule has 0 aromatic heterocycles. The van der Waals surface area contributed by atoms with Gasteiger partial charge in [0.05, 0.1) is 6.54 Å². The molecule has 0 spiro atoms. The van der Waals surface area contributed by atoms with E-state index < -0.39 is 18.2 Å². The first-order valence-electron chi connectivity index (χ1n) is 9.64. The van der Waals surface area contributed by atoms with E-state index in [4.69, 9.17) is 16.3 Å². The van der Waals surface area contributed by atoms with Crippen molar-refractivity contribution in [2.75, 3.05) is 18.9 Å². The average molecular weight is 430 g/mol. The number of anilines is 1. The maximum absolute atomic E-state index is 13.2. The number of benzene rings is 2. The minimum atomic E-state index is -0.839. The number of ether oxygens (including phenoxy) is 1. The highest BCUT2D eigenvalue weighted by atomic mass is 35.5. The van der Waals surface area contributed by atoms with Crippen LogP contribution < -0.4 is 5.32 Å². The number of rotatable bonds is 6. The van der Waals surface area contributed by atoms with Crippen LogP contribution in [-0.4, -0.2) is 47.3 Å². The minimum Gasteiger partial charge on any atom is -0.438 e. The van der Waals surface area contributed by atoms with E-state index in [-0.39, 0.29) is 18.4 Å². The molecule has 1 N–H and O–H groups in total. The van der Waals surface area contributed by atoms with Gasteiger partial charge in [-0.25, -0.2) is 4.79 Å². The van der Waals surface area contributed by atoms with Crippen molar-refractivity contribution in [1.29, 1.82) is 0 Å². The third-order valence-corrected chi connectivity index (χ3v) is 5.20. The van der Waals surface area contributed by atoms with Crippen molar-refractivity contribution in [2.24, 2.45) is 0 Å². The zero-order valence-electron chi connectivity index (χ0n) is 17.1. The second-order valence-electron chi connectivity index (χ2n) is 7.17. The van der Waals surface area contributed by atoms with Gasteiger partial charge in [0, 0.05) is 31.2 Å². The molecule has 8 heteroatoms. The summed E-state index contributed by atoms with van der Waals surface area (Å²) in [7, 11) is 1.69. The van der Waals surface area contributed by atoms with Crippen molar-refractivity contribution in [1.82, 2.24) is 9.80 Å². The predicted octanol–water partition coefficient (Wildman–Crippen LogP) is 3.84. The van der Waals surface area contributed by atoms with Gasteiger partial charge in [-0.1, -0.05) is 35.9 Å². The molecular formula is C22H24ClN3O4. The maximum atomic E-state index is 13.2. The van der Waals surface area contributed by atoms with Crippen LogP contribution in [0.25, 0.3) is 0 Å². The van der Waals surface area contributed by atoms with E-state index in [1.165, 1.54) is 11.8 Å². The molecule has 1 saturated heterocycles. The lowest BCUT2D eigenvalue weighted by Gasteiger charge is -2.28. The van der Waals surface area contributed by atoms with Gasteiger partial charge in [0.2, 0.25) is 11.8 Å². The summed E-state index contributed by atoms with van der Waals surface area (Å²) in [6, 6.07) is 13.3. The summed E-state index contributed by atoms with van der Waals surface area (Å²) in [5, 5.41) is 3.26. The molecule has 2 unspecified atom stereocenters. The van der Waals surface area contributed by atoms with Gasteiger partial charge < -0.3 is 15.0 Å². The highest BCUT2D eigenvalue weighted by molar-refractivity contribution is 6.30. The molecule has 7 nitrogen and oxygen atoms in total. The Morgan fingerprint density at radius 1 is 1.20 bits per heavy atom. The van der Waals surface area contributed by atoms with Crippen LogP contribution in [0.15, 0.2) is 48.5 Å². The Hall–Kier alpha value is -3.06. The number of carbonyl (C=O) groups is 3. The van der Waals surface area contributed by atoms with E-state index >= 15 is 0 Å². The lowest BCUT2D eigenvalue weighted by molar-refractivity contribution is -0.135. The van der Waals surface area contributed by atoms with Crippen molar-refractivity contribution in [3.05, 3.63) is 64.7 Å². The molecule has 0 bridgehead atoms. The molecule has 0 radical (unpaired) electrons. The SMILES string of the molecule is CCN(C)C(=O)C1C(c2cccc(NC(C)=O)c2)OC(=O)N1Cc1cccc(Cl)c1. The van der Waals surface area contributed by atoms with Gasteiger partial charge in [0.1, 0.15) is 0 Å². The van der Waals surface area contributed by atoms with E-state index in [0.717, 1.165) is 5.56 Å². The van der Waals surface area contributed by atoms with E-state index in [1.54, 1.807) is 54.4 Å². The molecule has 0 aliphatic carbocycles. The summed E-state index contributed by atoms with van der Waals surface area (Å²) in [6.45, 7) is 3.96. The van der Waals surface area contributed by atoms with Gasteiger partial charge in [0.15, 0.2) is 12.1 Å². The van der Waals surface area contributed by atoms with Crippen LogP contribution in [0.1, 0.15) is 31.1 Å². The number of hydrogen-bond acceptors (Lipinski definition) is 4. The standard InChI is InChI=1S/C22H24ClN3O4/c1-4-25(3)21(28)19-20(16-8-6-10-18(12-16)24-14(2)27)30-22(29)26(19)13-15-7-5-9-17(23)11-15/h5-12,19-20H,4,13H2,1-3H3,(H,24,27). The lowest BCUT2D eigenvalue weighted by atomic mass is 9.99. The number of likely N-dealkylation sites (N-methyl/N-ethyl adjacent to an activating group) is 1. The van der Waals surface area contributed by atoms with E-state index in [0.29, 0.717) is 22.8 Å². The monoisotopic (exact) mass is 429 g/mol. The summed E-state index contributed by atoms with van der Waals surface area (Å²) in [5.41, 5.74) is 1.99. The first-order valence-corrected chi connectivity index (χ1v) is 10.0. The van der Waals surface area contributed by atoms with Crippen LogP contribution in [0.2, 0.25) is 5.02 Å². The third kappa shape index (κ3) is 4.74. The fourth-order valence-corrected chi connectivity index (χ4v) is 3.62. The van der Waals surface area contributed by atoms with Crippen molar-refractivity contribution in [3.8, 4) is 0 Å². The first kappa shape index (κ1) is 21.6. The van der Waals surface area contributed by atoms with E-state index in [9.17, 15) is 14.4 Å². The molecule has 1 aliphatic rings. The van der Waals surface area contributed by atoms with Crippen molar-refractivity contribution in [2.45, 2.75) is 32.5 Å². The topological polar surface area (TPSA) is 79.0 Å². The Labute approximate surface area is 180 Å². The molecule has 1 aliphatic heterocycles. The Kier molecular flexibility index (Phi) is 6.62. The number of amides is 3. The third-order valence-electron chi connectivity index (χ3n) is 4.97. The second kappa shape index (κ2) is 9.17. The number of cyclic esters (lactones) is 1. The number of hydrogen-bond donors (Lipinski definition) is 1. The van der Waals surface area contributed by atoms with Gasteiger partial charge in [-0.05, 0) is 42.3 Å². The Balaban J connectivity index is 1.97. The summed E-state index contributed by atoms with van der Waals surface area (Å²) in [5.74, 6) is -0.434. The molecule has 2 aromatic carbocycles. The Morgan fingerprint density at radius 2 is 1.93 bits per heavy atom. The van der Waals surface area contributed by atoms with Crippen LogP contribution >= 0.6 is 11.6 Å². The van der Waals surface area contributed by atoms with Crippen LogP contribution in [0, 0.1) is 0 Å². The zero-order chi connectivity index (χ0) is 21.8. The normalized spacial score (nSPS) is 18.1.